The fourth-order valence-electron chi connectivity index (χ4n) is 1.87. The number of hydrogen-bond acceptors (Lipinski definition) is 2. The normalized spacial score (nSPS) is 11.8. The molecular weight excluding hydrogens is 226 g/mol. The van der Waals surface area contributed by atoms with Crippen molar-refractivity contribution in [1.82, 2.24) is 5.32 Å². The monoisotopic (exact) mass is 251 g/mol. The number of aryl methyl sites for hydroxylation is 1. The van der Waals surface area contributed by atoms with Crippen LogP contribution in [0.25, 0.3) is 0 Å². The summed E-state index contributed by atoms with van der Waals surface area (Å²) >= 11 is 4.18. The highest BCUT2D eigenvalue weighted by molar-refractivity contribution is 7.80. The topological polar surface area (TPSA) is 12.0 Å². The predicted molar refractivity (Wildman–Crippen MR) is 80.3 cm³/mol. The van der Waals surface area contributed by atoms with E-state index in [1.807, 2.05) is 0 Å². The van der Waals surface area contributed by atoms with Crippen molar-refractivity contribution in [3.8, 4) is 0 Å². The van der Waals surface area contributed by atoms with Gasteiger partial charge in [0, 0.05) is 12.3 Å². The van der Waals surface area contributed by atoms with Gasteiger partial charge >= 0.3 is 0 Å². The summed E-state index contributed by atoms with van der Waals surface area (Å²) in [6.07, 6.45) is 1.10. The van der Waals surface area contributed by atoms with E-state index in [0.29, 0.717) is 0 Å². The molecule has 0 aliphatic carbocycles. The van der Waals surface area contributed by atoms with E-state index in [2.05, 4.69) is 63.8 Å². The van der Waals surface area contributed by atoms with Crippen LogP contribution in [0.15, 0.2) is 18.2 Å². The zero-order valence-electron chi connectivity index (χ0n) is 11.5. The number of benzene rings is 1. The lowest BCUT2D eigenvalue weighted by Gasteiger charge is -2.20. The largest absolute Gasteiger partial charge is 0.316 e. The minimum atomic E-state index is 0.244. The molecule has 0 aromatic heterocycles. The first-order valence-corrected chi connectivity index (χ1v) is 7.00. The SMILES string of the molecule is Cc1cc(C(C)(C)C)ccc1CCNCCS. The van der Waals surface area contributed by atoms with E-state index in [0.717, 1.165) is 25.3 Å². The Morgan fingerprint density at radius 1 is 1.18 bits per heavy atom. The van der Waals surface area contributed by atoms with Crippen molar-refractivity contribution >= 4 is 12.6 Å². The molecular formula is C15H25NS. The highest BCUT2D eigenvalue weighted by Gasteiger charge is 2.14. The summed E-state index contributed by atoms with van der Waals surface area (Å²) < 4.78 is 0. The molecule has 0 saturated heterocycles. The maximum atomic E-state index is 4.18. The second kappa shape index (κ2) is 6.46. The van der Waals surface area contributed by atoms with Crippen LogP contribution in [0.5, 0.6) is 0 Å². The maximum Gasteiger partial charge on any atom is 0.00398 e. The van der Waals surface area contributed by atoms with Gasteiger partial charge in [0.25, 0.3) is 0 Å². The number of thiol groups is 1. The van der Waals surface area contributed by atoms with Gasteiger partial charge in [0.15, 0.2) is 0 Å². The Morgan fingerprint density at radius 2 is 1.88 bits per heavy atom. The van der Waals surface area contributed by atoms with Crippen molar-refractivity contribution in [2.45, 2.75) is 39.5 Å². The second-order valence-electron chi connectivity index (χ2n) is 5.61. The molecule has 0 bridgehead atoms. The standard InChI is InChI=1S/C15H25NS/c1-12-11-14(15(2,3)4)6-5-13(12)7-8-16-9-10-17/h5-6,11,16-17H,7-10H2,1-4H3. The molecule has 0 amide bonds. The third-order valence-electron chi connectivity index (χ3n) is 3.07. The average molecular weight is 251 g/mol. The van der Waals surface area contributed by atoms with E-state index >= 15 is 0 Å². The summed E-state index contributed by atoms with van der Waals surface area (Å²) in [5.41, 5.74) is 4.52. The quantitative estimate of drug-likeness (QED) is 0.604. The summed E-state index contributed by atoms with van der Waals surface area (Å²) in [6, 6.07) is 6.87. The smallest absolute Gasteiger partial charge is 0.00398 e. The van der Waals surface area contributed by atoms with Crippen LogP contribution < -0.4 is 5.32 Å². The zero-order chi connectivity index (χ0) is 12.9. The van der Waals surface area contributed by atoms with Crippen LogP contribution in [-0.2, 0) is 11.8 Å². The van der Waals surface area contributed by atoms with Gasteiger partial charge in [0.05, 0.1) is 0 Å². The average Bonchev–Trinajstić information content (AvgIpc) is 2.24. The molecule has 2 heteroatoms. The van der Waals surface area contributed by atoms with Crippen LogP contribution in [0.2, 0.25) is 0 Å². The molecule has 1 nitrogen and oxygen atoms in total. The van der Waals surface area contributed by atoms with E-state index < -0.39 is 0 Å². The minimum absolute atomic E-state index is 0.244. The Balaban J connectivity index is 2.64. The van der Waals surface area contributed by atoms with Crippen LogP contribution in [0, 0.1) is 6.92 Å². The van der Waals surface area contributed by atoms with Crippen molar-refractivity contribution in [1.29, 1.82) is 0 Å². The molecule has 96 valence electrons. The molecule has 0 spiro atoms. The van der Waals surface area contributed by atoms with Gasteiger partial charge < -0.3 is 5.32 Å². The first-order valence-electron chi connectivity index (χ1n) is 6.36. The van der Waals surface area contributed by atoms with E-state index in [-0.39, 0.29) is 5.41 Å². The number of rotatable bonds is 5. The molecule has 1 rings (SSSR count). The van der Waals surface area contributed by atoms with Gasteiger partial charge in [0.2, 0.25) is 0 Å². The molecule has 17 heavy (non-hydrogen) atoms. The molecule has 0 aliphatic heterocycles. The summed E-state index contributed by atoms with van der Waals surface area (Å²) in [6.45, 7) is 11.0. The summed E-state index contributed by atoms with van der Waals surface area (Å²) in [7, 11) is 0. The molecule has 0 aliphatic rings. The number of nitrogens with one attached hydrogen (secondary N) is 1. The van der Waals surface area contributed by atoms with Crippen LogP contribution in [0.3, 0.4) is 0 Å². The third kappa shape index (κ3) is 4.72. The fraction of sp³-hybridized carbons (Fsp3) is 0.600. The van der Waals surface area contributed by atoms with Gasteiger partial charge in [-0.25, -0.2) is 0 Å². The van der Waals surface area contributed by atoms with E-state index in [1.54, 1.807) is 0 Å². The van der Waals surface area contributed by atoms with Crippen LogP contribution >= 0.6 is 12.6 Å². The molecule has 1 aromatic rings. The summed E-state index contributed by atoms with van der Waals surface area (Å²) in [5.74, 6) is 0.905. The Kier molecular flexibility index (Phi) is 5.54. The molecule has 0 atom stereocenters. The van der Waals surface area contributed by atoms with Crippen LogP contribution in [0.1, 0.15) is 37.5 Å². The molecule has 0 saturated carbocycles. The van der Waals surface area contributed by atoms with E-state index in [4.69, 9.17) is 0 Å². The molecule has 0 radical (unpaired) electrons. The molecule has 0 unspecified atom stereocenters. The van der Waals surface area contributed by atoms with Gasteiger partial charge in [-0.2, -0.15) is 12.6 Å². The fourth-order valence-corrected chi connectivity index (χ4v) is 2.03. The van der Waals surface area contributed by atoms with Gasteiger partial charge in [-0.05, 0) is 42.0 Å². The summed E-state index contributed by atoms with van der Waals surface area (Å²) in [4.78, 5) is 0. The minimum Gasteiger partial charge on any atom is -0.316 e. The molecule has 0 heterocycles. The Bertz CT molecular complexity index is 352. The van der Waals surface area contributed by atoms with Crippen molar-refractivity contribution in [2.75, 3.05) is 18.8 Å². The lowest BCUT2D eigenvalue weighted by atomic mass is 9.85. The molecule has 0 fully saturated rings. The predicted octanol–water partition coefficient (Wildman–Crippen LogP) is 3.35. The Hall–Kier alpha value is -0.470. The second-order valence-corrected chi connectivity index (χ2v) is 6.06. The highest BCUT2D eigenvalue weighted by Crippen LogP contribution is 2.24. The summed E-state index contributed by atoms with van der Waals surface area (Å²) in [5, 5.41) is 3.38. The first-order chi connectivity index (χ1) is 7.95. The number of hydrogen-bond donors (Lipinski definition) is 2. The maximum absolute atomic E-state index is 4.18. The van der Waals surface area contributed by atoms with Crippen LogP contribution in [-0.4, -0.2) is 18.8 Å². The van der Waals surface area contributed by atoms with Crippen molar-refractivity contribution in [3.05, 3.63) is 34.9 Å². The first kappa shape index (κ1) is 14.6. The molecule has 1 aromatic carbocycles. The van der Waals surface area contributed by atoms with Crippen molar-refractivity contribution in [2.24, 2.45) is 0 Å². The Morgan fingerprint density at radius 3 is 2.41 bits per heavy atom. The third-order valence-corrected chi connectivity index (χ3v) is 3.29. The highest BCUT2D eigenvalue weighted by atomic mass is 32.1. The van der Waals surface area contributed by atoms with Gasteiger partial charge in [0.1, 0.15) is 0 Å². The lowest BCUT2D eigenvalue weighted by molar-refractivity contribution is 0.589. The van der Waals surface area contributed by atoms with E-state index in [1.165, 1.54) is 16.7 Å². The molecule has 1 N–H and O–H groups in total. The van der Waals surface area contributed by atoms with Crippen molar-refractivity contribution in [3.63, 3.8) is 0 Å². The van der Waals surface area contributed by atoms with Crippen LogP contribution in [0.4, 0.5) is 0 Å². The van der Waals surface area contributed by atoms with E-state index in [9.17, 15) is 0 Å². The van der Waals surface area contributed by atoms with Gasteiger partial charge in [-0.3, -0.25) is 0 Å². The zero-order valence-corrected chi connectivity index (χ0v) is 12.4. The van der Waals surface area contributed by atoms with Crippen molar-refractivity contribution < 1.29 is 0 Å². The van der Waals surface area contributed by atoms with Gasteiger partial charge in [-0.15, -0.1) is 0 Å². The van der Waals surface area contributed by atoms with Gasteiger partial charge in [-0.1, -0.05) is 39.0 Å². The Labute approximate surface area is 111 Å². The lowest BCUT2D eigenvalue weighted by Crippen LogP contribution is -2.20.